The number of thiocarbonyl (C=S) groups is 1. The molecule has 0 aliphatic carbocycles. The zero-order valence-electron chi connectivity index (χ0n) is 11.9. The van der Waals surface area contributed by atoms with Crippen molar-refractivity contribution in [3.63, 3.8) is 0 Å². The number of alkyl halides is 3. The molecule has 0 aliphatic rings. The molecule has 124 valence electrons. The predicted octanol–water partition coefficient (Wildman–Crippen LogP) is 3.46. The lowest BCUT2D eigenvalue weighted by Gasteiger charge is -2.18. The molecule has 1 atom stereocenters. The average Bonchev–Trinajstić information content (AvgIpc) is 3.03. The van der Waals surface area contributed by atoms with Gasteiger partial charge in [0.15, 0.2) is 5.11 Å². The van der Waals surface area contributed by atoms with Crippen LogP contribution in [0.15, 0.2) is 41.8 Å². The van der Waals surface area contributed by atoms with Gasteiger partial charge in [-0.3, -0.25) is 0 Å². The van der Waals surface area contributed by atoms with E-state index in [2.05, 4.69) is 10.6 Å². The lowest BCUT2D eigenvalue weighted by atomic mass is 10.0. The van der Waals surface area contributed by atoms with Crippen LogP contribution in [-0.2, 0) is 12.7 Å². The van der Waals surface area contributed by atoms with Gasteiger partial charge in [-0.05, 0) is 35.3 Å². The first kappa shape index (κ1) is 17.7. The predicted molar refractivity (Wildman–Crippen MR) is 88.2 cm³/mol. The van der Waals surface area contributed by atoms with Crippen LogP contribution in [0.1, 0.15) is 22.1 Å². The van der Waals surface area contributed by atoms with Gasteiger partial charge in [0.2, 0.25) is 0 Å². The van der Waals surface area contributed by atoms with Crippen molar-refractivity contribution in [3.8, 4) is 0 Å². The molecule has 23 heavy (non-hydrogen) atoms. The number of rotatable bonds is 5. The van der Waals surface area contributed by atoms with Crippen LogP contribution in [-0.4, -0.2) is 16.8 Å². The Morgan fingerprint density at radius 2 is 1.91 bits per heavy atom. The van der Waals surface area contributed by atoms with E-state index in [-0.39, 0.29) is 17.2 Å². The van der Waals surface area contributed by atoms with Crippen LogP contribution in [0.4, 0.5) is 13.2 Å². The smallest absolute Gasteiger partial charge is 0.387 e. The van der Waals surface area contributed by atoms with Gasteiger partial charge in [-0.25, -0.2) is 0 Å². The Kier molecular flexibility index (Phi) is 5.97. The number of aliphatic hydroxyl groups is 1. The minimum Gasteiger partial charge on any atom is -0.387 e. The molecule has 3 N–H and O–H groups in total. The van der Waals surface area contributed by atoms with E-state index < -0.39 is 17.8 Å². The molecule has 0 unspecified atom stereocenters. The van der Waals surface area contributed by atoms with Crippen molar-refractivity contribution in [1.29, 1.82) is 0 Å². The van der Waals surface area contributed by atoms with E-state index in [1.807, 2.05) is 17.5 Å². The molecule has 0 aliphatic heterocycles. The second-order valence-electron chi connectivity index (χ2n) is 4.74. The molecular formula is C15H15F3N2OS2. The van der Waals surface area contributed by atoms with Gasteiger partial charge in [0, 0.05) is 11.4 Å². The van der Waals surface area contributed by atoms with Crippen LogP contribution in [0, 0.1) is 0 Å². The Hall–Kier alpha value is -1.64. The molecule has 1 aromatic carbocycles. The summed E-state index contributed by atoms with van der Waals surface area (Å²) in [7, 11) is 0. The minimum absolute atomic E-state index is 0.108. The number of nitrogens with one attached hydrogen (secondary N) is 2. The summed E-state index contributed by atoms with van der Waals surface area (Å²) in [6.45, 7) is 0.419. The number of hydrogen-bond acceptors (Lipinski definition) is 3. The van der Waals surface area contributed by atoms with Gasteiger partial charge >= 0.3 is 6.18 Å². The molecule has 0 spiro atoms. The van der Waals surface area contributed by atoms with Crippen molar-refractivity contribution < 1.29 is 18.3 Å². The standard InChI is InChI=1S/C15H15F3N2OS2/c16-15(17,18)12-6-2-1-5-11(12)13(21)9-20-14(22)19-8-10-4-3-7-23-10/h1-7,13,21H,8-9H2,(H2,19,20,22)/t13-/m0/s1. The highest BCUT2D eigenvalue weighted by Gasteiger charge is 2.34. The van der Waals surface area contributed by atoms with Crippen LogP contribution in [0.3, 0.4) is 0 Å². The topological polar surface area (TPSA) is 44.3 Å². The summed E-state index contributed by atoms with van der Waals surface area (Å²) in [5.41, 5.74) is -1.01. The molecule has 0 saturated heterocycles. The Morgan fingerprint density at radius 1 is 1.17 bits per heavy atom. The largest absolute Gasteiger partial charge is 0.416 e. The van der Waals surface area contributed by atoms with Gasteiger partial charge in [0.05, 0.1) is 18.2 Å². The second kappa shape index (κ2) is 7.76. The average molecular weight is 360 g/mol. The molecule has 2 rings (SSSR count). The van der Waals surface area contributed by atoms with Crippen LogP contribution < -0.4 is 10.6 Å². The van der Waals surface area contributed by atoms with Crippen molar-refractivity contribution in [2.24, 2.45) is 0 Å². The molecule has 1 heterocycles. The monoisotopic (exact) mass is 360 g/mol. The van der Waals surface area contributed by atoms with E-state index in [4.69, 9.17) is 12.2 Å². The van der Waals surface area contributed by atoms with Crippen molar-refractivity contribution in [1.82, 2.24) is 10.6 Å². The van der Waals surface area contributed by atoms with Gasteiger partial charge in [-0.2, -0.15) is 13.2 Å². The van der Waals surface area contributed by atoms with Crippen molar-refractivity contribution in [2.75, 3.05) is 6.54 Å². The normalized spacial score (nSPS) is 12.7. The molecule has 0 radical (unpaired) electrons. The van der Waals surface area contributed by atoms with Gasteiger partial charge in [-0.15, -0.1) is 11.3 Å². The summed E-state index contributed by atoms with van der Waals surface area (Å²) < 4.78 is 38.8. The fourth-order valence-corrected chi connectivity index (χ4v) is 2.79. The third kappa shape index (κ3) is 5.19. The fourth-order valence-electron chi connectivity index (χ4n) is 1.99. The van der Waals surface area contributed by atoms with Gasteiger partial charge in [0.25, 0.3) is 0 Å². The third-order valence-electron chi connectivity index (χ3n) is 3.08. The lowest BCUT2D eigenvalue weighted by molar-refractivity contribution is -0.139. The first-order valence-corrected chi connectivity index (χ1v) is 8.05. The zero-order valence-corrected chi connectivity index (χ0v) is 13.6. The highest BCUT2D eigenvalue weighted by atomic mass is 32.1. The zero-order chi connectivity index (χ0) is 16.9. The van der Waals surface area contributed by atoms with E-state index in [0.29, 0.717) is 6.54 Å². The van der Waals surface area contributed by atoms with E-state index in [1.54, 1.807) is 11.3 Å². The first-order valence-electron chi connectivity index (χ1n) is 6.76. The molecule has 1 aromatic heterocycles. The number of aliphatic hydroxyl groups excluding tert-OH is 1. The van der Waals surface area contributed by atoms with Crippen LogP contribution in [0.2, 0.25) is 0 Å². The molecule has 8 heteroatoms. The maximum Gasteiger partial charge on any atom is 0.416 e. The number of benzene rings is 1. The Balaban J connectivity index is 1.89. The first-order chi connectivity index (χ1) is 10.9. The highest BCUT2D eigenvalue weighted by molar-refractivity contribution is 7.80. The molecule has 0 fully saturated rings. The van der Waals surface area contributed by atoms with E-state index in [1.165, 1.54) is 18.2 Å². The Morgan fingerprint density at radius 3 is 2.57 bits per heavy atom. The van der Waals surface area contributed by atoms with E-state index >= 15 is 0 Å². The van der Waals surface area contributed by atoms with Crippen molar-refractivity contribution >= 4 is 28.7 Å². The molecule has 2 aromatic rings. The van der Waals surface area contributed by atoms with E-state index in [0.717, 1.165) is 10.9 Å². The molecule has 3 nitrogen and oxygen atoms in total. The lowest BCUT2D eigenvalue weighted by Crippen LogP contribution is -2.37. The summed E-state index contributed by atoms with van der Waals surface area (Å²) in [6.07, 6.45) is -5.82. The summed E-state index contributed by atoms with van der Waals surface area (Å²) in [6, 6.07) is 8.81. The Bertz CT molecular complexity index is 644. The van der Waals surface area contributed by atoms with E-state index in [9.17, 15) is 18.3 Å². The maximum absolute atomic E-state index is 12.9. The molecule has 0 bridgehead atoms. The Labute approximate surface area is 141 Å². The quantitative estimate of drug-likeness (QED) is 0.715. The summed E-state index contributed by atoms with van der Waals surface area (Å²) in [5.74, 6) is 0. The van der Waals surface area contributed by atoms with Gasteiger partial charge < -0.3 is 15.7 Å². The summed E-state index contributed by atoms with van der Waals surface area (Å²) >= 11 is 6.62. The fraction of sp³-hybridized carbons (Fsp3) is 0.267. The molecule has 0 amide bonds. The third-order valence-corrected chi connectivity index (χ3v) is 4.25. The SMILES string of the molecule is O[C@@H](CNC(=S)NCc1cccs1)c1ccccc1C(F)(F)F. The summed E-state index contributed by atoms with van der Waals surface area (Å²) in [5, 5.41) is 17.9. The van der Waals surface area contributed by atoms with Crippen molar-refractivity contribution in [2.45, 2.75) is 18.8 Å². The van der Waals surface area contributed by atoms with Crippen LogP contribution >= 0.6 is 23.6 Å². The number of hydrogen-bond donors (Lipinski definition) is 3. The highest BCUT2D eigenvalue weighted by Crippen LogP contribution is 2.34. The van der Waals surface area contributed by atoms with Gasteiger partial charge in [-0.1, -0.05) is 24.3 Å². The van der Waals surface area contributed by atoms with Crippen LogP contribution in [0.25, 0.3) is 0 Å². The number of thiophene rings is 1. The van der Waals surface area contributed by atoms with Gasteiger partial charge in [0.1, 0.15) is 0 Å². The molecule has 0 saturated carbocycles. The van der Waals surface area contributed by atoms with Crippen molar-refractivity contribution in [3.05, 3.63) is 57.8 Å². The summed E-state index contributed by atoms with van der Waals surface area (Å²) in [4.78, 5) is 1.08. The number of halogens is 3. The maximum atomic E-state index is 12.9. The van der Waals surface area contributed by atoms with Crippen LogP contribution in [0.5, 0.6) is 0 Å². The molecular weight excluding hydrogens is 345 g/mol. The minimum atomic E-state index is -4.50. The second-order valence-corrected chi connectivity index (χ2v) is 6.18.